The monoisotopic (exact) mass is 296 g/mol. The Morgan fingerprint density at radius 1 is 1.50 bits per heavy atom. The van der Waals surface area contributed by atoms with Crippen LogP contribution in [0, 0.1) is 5.92 Å². The second-order valence-electron chi connectivity index (χ2n) is 5.20. The fourth-order valence-electron chi connectivity index (χ4n) is 2.37. The predicted molar refractivity (Wildman–Crippen MR) is 80.3 cm³/mol. The van der Waals surface area contributed by atoms with E-state index >= 15 is 0 Å². The van der Waals surface area contributed by atoms with Gasteiger partial charge < -0.3 is 15.0 Å². The summed E-state index contributed by atoms with van der Waals surface area (Å²) >= 11 is 5.98. The number of likely N-dealkylation sites (tertiary alicyclic amines) is 1. The molecule has 0 radical (unpaired) electrons. The van der Waals surface area contributed by atoms with Gasteiger partial charge in [0.25, 0.3) is 0 Å². The molecule has 0 aliphatic carbocycles. The number of nitrogens with one attached hydrogen (secondary N) is 1. The standard InChI is InChI=1S/C15H21ClN2O2/c1-12-5-4-9-18(11-12)15(19)17-8-10-20-14-7-3-2-6-13(14)16/h2-3,6-7,12H,4-5,8-11H2,1H3,(H,17,19). The number of nitrogens with zero attached hydrogens (tertiary/aromatic N) is 1. The van der Waals surface area contributed by atoms with E-state index < -0.39 is 0 Å². The predicted octanol–water partition coefficient (Wildman–Crippen LogP) is 3.16. The Morgan fingerprint density at radius 3 is 3.05 bits per heavy atom. The summed E-state index contributed by atoms with van der Waals surface area (Å²) in [5.41, 5.74) is 0. The zero-order chi connectivity index (χ0) is 14.4. The molecule has 1 N–H and O–H groups in total. The van der Waals surface area contributed by atoms with Crippen LogP contribution in [-0.4, -0.2) is 37.2 Å². The number of hydrogen-bond acceptors (Lipinski definition) is 2. The van der Waals surface area contributed by atoms with Crippen molar-refractivity contribution in [1.29, 1.82) is 0 Å². The van der Waals surface area contributed by atoms with Crippen molar-refractivity contribution in [1.82, 2.24) is 10.2 Å². The van der Waals surface area contributed by atoms with Gasteiger partial charge in [-0.05, 0) is 30.9 Å². The van der Waals surface area contributed by atoms with Crippen molar-refractivity contribution in [2.24, 2.45) is 5.92 Å². The molecule has 20 heavy (non-hydrogen) atoms. The van der Waals surface area contributed by atoms with E-state index in [0.717, 1.165) is 19.5 Å². The summed E-state index contributed by atoms with van der Waals surface area (Å²) in [5.74, 6) is 1.24. The summed E-state index contributed by atoms with van der Waals surface area (Å²) in [6, 6.07) is 7.32. The first-order valence-electron chi connectivity index (χ1n) is 7.07. The number of hydrogen-bond donors (Lipinski definition) is 1. The quantitative estimate of drug-likeness (QED) is 0.867. The minimum absolute atomic E-state index is 0.000640. The molecule has 4 nitrogen and oxygen atoms in total. The highest BCUT2D eigenvalue weighted by molar-refractivity contribution is 6.32. The molecule has 0 bridgehead atoms. The molecule has 1 fully saturated rings. The molecule has 110 valence electrons. The zero-order valence-electron chi connectivity index (χ0n) is 11.8. The number of ether oxygens (including phenoxy) is 1. The first-order valence-corrected chi connectivity index (χ1v) is 7.44. The van der Waals surface area contributed by atoms with Gasteiger partial charge >= 0.3 is 6.03 Å². The van der Waals surface area contributed by atoms with Crippen LogP contribution in [-0.2, 0) is 0 Å². The summed E-state index contributed by atoms with van der Waals surface area (Å²) in [6.07, 6.45) is 2.30. The van der Waals surface area contributed by atoms with E-state index in [9.17, 15) is 4.79 Å². The number of para-hydroxylation sites is 1. The molecular formula is C15H21ClN2O2. The van der Waals surface area contributed by atoms with Crippen LogP contribution in [0.4, 0.5) is 4.79 Å². The van der Waals surface area contributed by atoms with Gasteiger partial charge in [0.15, 0.2) is 0 Å². The van der Waals surface area contributed by atoms with Gasteiger partial charge in [0, 0.05) is 13.1 Å². The van der Waals surface area contributed by atoms with Crippen LogP contribution in [0.1, 0.15) is 19.8 Å². The lowest BCUT2D eigenvalue weighted by Crippen LogP contribution is -2.45. The average Bonchev–Trinajstić information content (AvgIpc) is 2.45. The Morgan fingerprint density at radius 2 is 2.30 bits per heavy atom. The molecule has 1 aliphatic rings. The third-order valence-corrected chi connectivity index (χ3v) is 3.73. The SMILES string of the molecule is CC1CCCN(C(=O)NCCOc2ccccc2Cl)C1. The molecule has 1 aromatic rings. The second kappa shape index (κ2) is 7.39. The molecule has 2 rings (SSSR count). The summed E-state index contributed by atoms with van der Waals surface area (Å²) in [7, 11) is 0. The number of rotatable bonds is 4. The van der Waals surface area contributed by atoms with Gasteiger partial charge in [0.05, 0.1) is 11.6 Å². The smallest absolute Gasteiger partial charge is 0.317 e. The van der Waals surface area contributed by atoms with Gasteiger partial charge in [-0.3, -0.25) is 0 Å². The van der Waals surface area contributed by atoms with E-state index in [0.29, 0.717) is 29.8 Å². The summed E-state index contributed by atoms with van der Waals surface area (Å²) in [6.45, 7) is 4.77. The highest BCUT2D eigenvalue weighted by atomic mass is 35.5. The maximum Gasteiger partial charge on any atom is 0.317 e. The Labute approximate surface area is 125 Å². The van der Waals surface area contributed by atoms with Gasteiger partial charge in [-0.25, -0.2) is 4.79 Å². The number of halogens is 1. The molecule has 2 amide bonds. The minimum atomic E-state index is -0.000640. The third kappa shape index (κ3) is 4.30. The van der Waals surface area contributed by atoms with Gasteiger partial charge in [-0.15, -0.1) is 0 Å². The van der Waals surface area contributed by atoms with Crippen LogP contribution in [0.2, 0.25) is 5.02 Å². The van der Waals surface area contributed by atoms with E-state index in [-0.39, 0.29) is 6.03 Å². The molecule has 1 aliphatic heterocycles. The lowest BCUT2D eigenvalue weighted by molar-refractivity contribution is 0.168. The van der Waals surface area contributed by atoms with Crippen molar-refractivity contribution in [2.45, 2.75) is 19.8 Å². The van der Waals surface area contributed by atoms with Crippen LogP contribution in [0.15, 0.2) is 24.3 Å². The second-order valence-corrected chi connectivity index (χ2v) is 5.61. The van der Waals surface area contributed by atoms with E-state index in [4.69, 9.17) is 16.3 Å². The molecule has 0 aromatic heterocycles. The van der Waals surface area contributed by atoms with Crippen LogP contribution in [0.25, 0.3) is 0 Å². The van der Waals surface area contributed by atoms with Crippen LogP contribution >= 0.6 is 11.6 Å². The maximum atomic E-state index is 12.0. The van der Waals surface area contributed by atoms with Gasteiger partial charge in [-0.1, -0.05) is 30.7 Å². The topological polar surface area (TPSA) is 41.6 Å². The van der Waals surface area contributed by atoms with Crippen molar-refractivity contribution in [2.75, 3.05) is 26.2 Å². The number of piperidine rings is 1. The molecular weight excluding hydrogens is 276 g/mol. The highest BCUT2D eigenvalue weighted by Gasteiger charge is 2.20. The molecule has 1 unspecified atom stereocenters. The van der Waals surface area contributed by atoms with Gasteiger partial charge in [0.1, 0.15) is 12.4 Å². The average molecular weight is 297 g/mol. The molecule has 0 saturated carbocycles. The molecule has 1 heterocycles. The van der Waals surface area contributed by atoms with Crippen molar-refractivity contribution < 1.29 is 9.53 Å². The summed E-state index contributed by atoms with van der Waals surface area (Å²) in [4.78, 5) is 13.8. The van der Waals surface area contributed by atoms with E-state index in [2.05, 4.69) is 12.2 Å². The molecule has 1 aromatic carbocycles. The van der Waals surface area contributed by atoms with Crippen molar-refractivity contribution >= 4 is 17.6 Å². The first kappa shape index (κ1) is 15.0. The molecule has 5 heteroatoms. The van der Waals surface area contributed by atoms with E-state index in [1.807, 2.05) is 23.1 Å². The first-order chi connectivity index (χ1) is 9.66. The minimum Gasteiger partial charge on any atom is -0.490 e. The Balaban J connectivity index is 1.68. The number of carbonyl (C=O) groups is 1. The maximum absolute atomic E-state index is 12.0. The van der Waals surface area contributed by atoms with Crippen molar-refractivity contribution in [3.8, 4) is 5.75 Å². The summed E-state index contributed by atoms with van der Waals surface area (Å²) in [5, 5.41) is 3.47. The third-order valence-electron chi connectivity index (χ3n) is 3.42. The van der Waals surface area contributed by atoms with Crippen LogP contribution in [0.3, 0.4) is 0 Å². The Hall–Kier alpha value is -1.42. The highest BCUT2D eigenvalue weighted by Crippen LogP contribution is 2.22. The molecule has 0 spiro atoms. The number of carbonyl (C=O) groups excluding carboxylic acids is 1. The Kier molecular flexibility index (Phi) is 5.53. The normalized spacial score (nSPS) is 18.7. The van der Waals surface area contributed by atoms with Gasteiger partial charge in [0.2, 0.25) is 0 Å². The van der Waals surface area contributed by atoms with Crippen molar-refractivity contribution in [3.63, 3.8) is 0 Å². The lowest BCUT2D eigenvalue weighted by Gasteiger charge is -2.30. The van der Waals surface area contributed by atoms with Crippen LogP contribution in [0.5, 0.6) is 5.75 Å². The van der Waals surface area contributed by atoms with E-state index in [1.54, 1.807) is 6.07 Å². The number of urea groups is 1. The fourth-order valence-corrected chi connectivity index (χ4v) is 2.56. The Bertz CT molecular complexity index is 453. The largest absolute Gasteiger partial charge is 0.490 e. The zero-order valence-corrected chi connectivity index (χ0v) is 12.5. The van der Waals surface area contributed by atoms with Gasteiger partial charge in [-0.2, -0.15) is 0 Å². The fraction of sp³-hybridized carbons (Fsp3) is 0.533. The number of amides is 2. The molecule has 1 saturated heterocycles. The molecule has 1 atom stereocenters. The van der Waals surface area contributed by atoms with E-state index in [1.165, 1.54) is 6.42 Å². The summed E-state index contributed by atoms with van der Waals surface area (Å²) < 4.78 is 5.53. The number of benzene rings is 1. The van der Waals surface area contributed by atoms with Crippen molar-refractivity contribution in [3.05, 3.63) is 29.3 Å². The lowest BCUT2D eigenvalue weighted by atomic mass is 10.0. The van der Waals surface area contributed by atoms with Crippen LogP contribution < -0.4 is 10.1 Å².